The lowest BCUT2D eigenvalue weighted by Crippen LogP contribution is -2.04. The average Bonchev–Trinajstić information content (AvgIpc) is 2.89. The SMILES string of the molecule is C=CC1CCc2nnc(-c3cccc(N)n3)n21. The van der Waals surface area contributed by atoms with E-state index in [0.717, 1.165) is 30.2 Å². The highest BCUT2D eigenvalue weighted by molar-refractivity contribution is 5.53. The summed E-state index contributed by atoms with van der Waals surface area (Å²) in [5.41, 5.74) is 6.45. The van der Waals surface area contributed by atoms with Gasteiger partial charge in [0.05, 0.1) is 6.04 Å². The van der Waals surface area contributed by atoms with E-state index < -0.39 is 0 Å². The van der Waals surface area contributed by atoms with Crippen molar-refractivity contribution < 1.29 is 0 Å². The summed E-state index contributed by atoms with van der Waals surface area (Å²) >= 11 is 0. The van der Waals surface area contributed by atoms with Crippen LogP contribution in [0.15, 0.2) is 30.9 Å². The second kappa shape index (κ2) is 3.69. The van der Waals surface area contributed by atoms with Crippen LogP contribution in [0.2, 0.25) is 0 Å². The minimum Gasteiger partial charge on any atom is -0.384 e. The molecule has 5 heteroatoms. The van der Waals surface area contributed by atoms with E-state index in [9.17, 15) is 0 Å². The normalized spacial score (nSPS) is 18.0. The van der Waals surface area contributed by atoms with E-state index in [1.165, 1.54) is 0 Å². The predicted octanol–water partition coefficient (Wildman–Crippen LogP) is 1.60. The Hall–Kier alpha value is -2.17. The highest BCUT2D eigenvalue weighted by atomic mass is 15.3. The third kappa shape index (κ3) is 1.51. The standard InChI is InChI=1S/C12H13N5/c1-2-8-6-7-11-15-16-12(17(8)11)9-4-3-5-10(13)14-9/h2-5,8H,1,6-7H2,(H2,13,14). The van der Waals surface area contributed by atoms with E-state index in [1.807, 2.05) is 18.2 Å². The van der Waals surface area contributed by atoms with Crippen molar-refractivity contribution in [1.82, 2.24) is 19.7 Å². The molecule has 0 saturated heterocycles. The molecule has 3 heterocycles. The van der Waals surface area contributed by atoms with Gasteiger partial charge in [-0.25, -0.2) is 4.98 Å². The van der Waals surface area contributed by atoms with Crippen LogP contribution in [0.1, 0.15) is 18.3 Å². The zero-order chi connectivity index (χ0) is 11.8. The maximum atomic E-state index is 5.69. The van der Waals surface area contributed by atoms with Crippen LogP contribution in [0.5, 0.6) is 0 Å². The molecule has 1 aliphatic heterocycles. The van der Waals surface area contributed by atoms with Crippen LogP contribution in [0, 0.1) is 0 Å². The quantitative estimate of drug-likeness (QED) is 0.791. The molecule has 17 heavy (non-hydrogen) atoms. The number of fused-ring (bicyclic) bond motifs is 1. The molecule has 5 nitrogen and oxygen atoms in total. The van der Waals surface area contributed by atoms with Crippen LogP contribution in [0.4, 0.5) is 5.82 Å². The third-order valence-corrected chi connectivity index (χ3v) is 3.03. The van der Waals surface area contributed by atoms with E-state index in [2.05, 4.69) is 26.3 Å². The second-order valence-corrected chi connectivity index (χ2v) is 4.10. The number of anilines is 1. The van der Waals surface area contributed by atoms with Gasteiger partial charge in [0, 0.05) is 6.42 Å². The summed E-state index contributed by atoms with van der Waals surface area (Å²) < 4.78 is 2.09. The third-order valence-electron chi connectivity index (χ3n) is 3.03. The first-order valence-corrected chi connectivity index (χ1v) is 5.59. The lowest BCUT2D eigenvalue weighted by atomic mass is 10.2. The van der Waals surface area contributed by atoms with Crippen molar-refractivity contribution >= 4 is 5.82 Å². The Balaban J connectivity index is 2.14. The van der Waals surface area contributed by atoms with Gasteiger partial charge in [-0.05, 0) is 18.6 Å². The molecule has 2 N–H and O–H groups in total. The van der Waals surface area contributed by atoms with Crippen molar-refractivity contribution in [2.24, 2.45) is 0 Å². The minimum absolute atomic E-state index is 0.262. The van der Waals surface area contributed by atoms with Crippen LogP contribution in [0.3, 0.4) is 0 Å². The first kappa shape index (κ1) is 10.0. The van der Waals surface area contributed by atoms with E-state index in [4.69, 9.17) is 5.73 Å². The smallest absolute Gasteiger partial charge is 0.183 e. The Morgan fingerprint density at radius 3 is 3.06 bits per heavy atom. The molecule has 0 bridgehead atoms. The summed E-state index contributed by atoms with van der Waals surface area (Å²) in [5, 5.41) is 8.38. The van der Waals surface area contributed by atoms with Crippen LogP contribution in [-0.4, -0.2) is 19.7 Å². The van der Waals surface area contributed by atoms with Crippen LogP contribution in [0.25, 0.3) is 11.5 Å². The molecule has 2 aromatic rings. The van der Waals surface area contributed by atoms with E-state index in [1.54, 1.807) is 6.07 Å². The molecule has 1 atom stereocenters. The van der Waals surface area contributed by atoms with Crippen LogP contribution in [-0.2, 0) is 6.42 Å². The molecule has 0 aliphatic carbocycles. The molecule has 1 unspecified atom stereocenters. The largest absolute Gasteiger partial charge is 0.384 e. The summed E-state index contributed by atoms with van der Waals surface area (Å²) in [4.78, 5) is 4.28. The number of pyridine rings is 1. The van der Waals surface area contributed by atoms with Gasteiger partial charge in [-0.1, -0.05) is 12.1 Å². The molecule has 0 saturated carbocycles. The Bertz CT molecular complexity index is 572. The van der Waals surface area contributed by atoms with Crippen LogP contribution < -0.4 is 5.73 Å². The number of hydrogen-bond donors (Lipinski definition) is 1. The van der Waals surface area contributed by atoms with Gasteiger partial charge in [0.1, 0.15) is 17.3 Å². The highest BCUT2D eigenvalue weighted by Gasteiger charge is 2.25. The Morgan fingerprint density at radius 1 is 1.41 bits per heavy atom. The second-order valence-electron chi connectivity index (χ2n) is 4.10. The maximum absolute atomic E-state index is 5.69. The monoisotopic (exact) mass is 227 g/mol. The zero-order valence-corrected chi connectivity index (χ0v) is 9.37. The molecule has 0 aromatic carbocycles. The molecule has 0 spiro atoms. The van der Waals surface area contributed by atoms with Gasteiger partial charge in [-0.15, -0.1) is 16.8 Å². The number of aromatic nitrogens is 4. The number of hydrogen-bond acceptors (Lipinski definition) is 4. The zero-order valence-electron chi connectivity index (χ0n) is 9.37. The number of nitrogens with zero attached hydrogens (tertiary/aromatic N) is 4. The Kier molecular flexibility index (Phi) is 2.18. The van der Waals surface area contributed by atoms with Gasteiger partial charge in [-0.2, -0.15) is 0 Å². The molecular weight excluding hydrogens is 214 g/mol. The first-order valence-electron chi connectivity index (χ1n) is 5.59. The fourth-order valence-corrected chi connectivity index (χ4v) is 2.22. The number of nitrogens with two attached hydrogens (primary N) is 1. The Morgan fingerprint density at radius 2 is 2.29 bits per heavy atom. The summed E-state index contributed by atoms with van der Waals surface area (Å²) in [6.07, 6.45) is 3.89. The van der Waals surface area contributed by atoms with E-state index in [0.29, 0.717) is 5.82 Å². The van der Waals surface area contributed by atoms with Gasteiger partial charge >= 0.3 is 0 Å². The molecule has 1 aliphatic rings. The summed E-state index contributed by atoms with van der Waals surface area (Å²) in [6.45, 7) is 3.85. The molecule has 0 fully saturated rings. The average molecular weight is 227 g/mol. The van der Waals surface area contributed by atoms with Crippen molar-refractivity contribution in [2.45, 2.75) is 18.9 Å². The van der Waals surface area contributed by atoms with Gasteiger partial charge < -0.3 is 10.3 Å². The molecule has 0 amide bonds. The summed E-state index contributed by atoms with van der Waals surface area (Å²) in [6, 6.07) is 5.79. The van der Waals surface area contributed by atoms with Crippen molar-refractivity contribution in [3.05, 3.63) is 36.7 Å². The van der Waals surface area contributed by atoms with Gasteiger partial charge in [0.25, 0.3) is 0 Å². The van der Waals surface area contributed by atoms with Gasteiger partial charge in [0.2, 0.25) is 0 Å². The van der Waals surface area contributed by atoms with E-state index >= 15 is 0 Å². The molecule has 86 valence electrons. The number of nitrogen functional groups attached to an aromatic ring is 1. The minimum atomic E-state index is 0.262. The number of aryl methyl sites for hydroxylation is 1. The van der Waals surface area contributed by atoms with Crippen molar-refractivity contribution in [1.29, 1.82) is 0 Å². The molecule has 2 aromatic heterocycles. The van der Waals surface area contributed by atoms with Crippen LogP contribution >= 0.6 is 0 Å². The lowest BCUT2D eigenvalue weighted by molar-refractivity contribution is 0.644. The van der Waals surface area contributed by atoms with Crippen molar-refractivity contribution in [3.8, 4) is 11.5 Å². The fraction of sp³-hybridized carbons (Fsp3) is 0.250. The van der Waals surface area contributed by atoms with Crippen molar-refractivity contribution in [2.75, 3.05) is 5.73 Å². The number of allylic oxidation sites excluding steroid dienone is 1. The first-order chi connectivity index (χ1) is 8.29. The summed E-state index contributed by atoms with van der Waals surface area (Å²) in [5.74, 6) is 2.26. The van der Waals surface area contributed by atoms with E-state index in [-0.39, 0.29) is 6.04 Å². The van der Waals surface area contributed by atoms with Crippen molar-refractivity contribution in [3.63, 3.8) is 0 Å². The molecule has 0 radical (unpaired) electrons. The molecular formula is C12H13N5. The topological polar surface area (TPSA) is 69.6 Å². The molecule has 3 rings (SSSR count). The lowest BCUT2D eigenvalue weighted by Gasteiger charge is -2.10. The van der Waals surface area contributed by atoms with Gasteiger partial charge in [-0.3, -0.25) is 0 Å². The maximum Gasteiger partial charge on any atom is 0.183 e. The predicted molar refractivity (Wildman–Crippen MR) is 65.2 cm³/mol. The fourth-order valence-electron chi connectivity index (χ4n) is 2.22. The highest BCUT2D eigenvalue weighted by Crippen LogP contribution is 2.30. The number of rotatable bonds is 2. The van der Waals surface area contributed by atoms with Gasteiger partial charge in [0.15, 0.2) is 5.82 Å². The summed E-state index contributed by atoms with van der Waals surface area (Å²) in [7, 11) is 0. The Labute approximate surface area is 99.0 Å².